The zero-order chi connectivity index (χ0) is 17.1. The molecule has 0 saturated heterocycles. The summed E-state index contributed by atoms with van der Waals surface area (Å²) >= 11 is 1.52. The Hall–Kier alpha value is -2.08. The molecule has 6 heteroatoms. The minimum absolute atomic E-state index is 0.00504. The van der Waals surface area contributed by atoms with Crippen LogP contribution < -0.4 is 0 Å². The molecule has 24 heavy (non-hydrogen) atoms. The molecule has 0 spiro atoms. The number of carbonyl (C=O) groups is 2. The summed E-state index contributed by atoms with van der Waals surface area (Å²) in [6.07, 6.45) is 4.31. The Morgan fingerprint density at radius 2 is 2.12 bits per heavy atom. The van der Waals surface area contributed by atoms with Crippen molar-refractivity contribution in [1.29, 1.82) is 0 Å². The molecular formula is C18H22N2O3S. The van der Waals surface area contributed by atoms with E-state index in [9.17, 15) is 14.7 Å². The number of aliphatic carboxylic acids is 1. The first-order valence-electron chi connectivity index (χ1n) is 8.19. The average Bonchev–Trinajstić information content (AvgIpc) is 3.06. The molecule has 1 aliphatic carbocycles. The predicted molar refractivity (Wildman–Crippen MR) is 92.9 cm³/mol. The van der Waals surface area contributed by atoms with Crippen LogP contribution in [0.1, 0.15) is 42.2 Å². The average molecular weight is 346 g/mol. The largest absolute Gasteiger partial charge is 0.481 e. The highest BCUT2D eigenvalue weighted by molar-refractivity contribution is 7.10. The predicted octanol–water partition coefficient (Wildman–Crippen LogP) is 3.23. The standard InChI is InChI=1S/C18H22N2O3S/c1-19-8-2-4-15(19)12-20(14-6-7-14)17(21)10-13(11-18(22)23)16-5-3-9-24-16/h2-5,8-9,13-14H,6-7,10-12H2,1H3,(H,22,23). The fourth-order valence-corrected chi connectivity index (χ4v) is 3.81. The van der Waals surface area contributed by atoms with E-state index in [-0.39, 0.29) is 24.7 Å². The molecule has 2 aromatic heterocycles. The van der Waals surface area contributed by atoms with Crippen molar-refractivity contribution in [3.05, 3.63) is 46.4 Å². The van der Waals surface area contributed by atoms with E-state index in [1.54, 1.807) is 0 Å². The molecular weight excluding hydrogens is 324 g/mol. The number of carboxylic acids is 1. The lowest BCUT2D eigenvalue weighted by Crippen LogP contribution is -2.34. The summed E-state index contributed by atoms with van der Waals surface area (Å²) < 4.78 is 2.02. The van der Waals surface area contributed by atoms with Gasteiger partial charge in [0.2, 0.25) is 5.91 Å². The van der Waals surface area contributed by atoms with Crippen LogP contribution in [0.15, 0.2) is 35.8 Å². The lowest BCUT2D eigenvalue weighted by Gasteiger charge is -2.25. The quantitative estimate of drug-likeness (QED) is 0.798. The topological polar surface area (TPSA) is 62.5 Å². The number of carbonyl (C=O) groups excluding carboxylic acids is 1. The minimum Gasteiger partial charge on any atom is -0.481 e. The van der Waals surface area contributed by atoms with E-state index in [2.05, 4.69) is 0 Å². The van der Waals surface area contributed by atoms with Gasteiger partial charge in [-0.15, -0.1) is 11.3 Å². The Morgan fingerprint density at radius 3 is 2.67 bits per heavy atom. The van der Waals surface area contributed by atoms with E-state index in [1.807, 2.05) is 52.4 Å². The molecule has 1 aliphatic rings. The van der Waals surface area contributed by atoms with E-state index in [0.717, 1.165) is 23.4 Å². The van der Waals surface area contributed by atoms with Gasteiger partial charge in [0.15, 0.2) is 0 Å². The molecule has 3 rings (SSSR count). The Kier molecular flexibility index (Phi) is 5.04. The van der Waals surface area contributed by atoms with E-state index in [1.165, 1.54) is 11.3 Å². The molecule has 1 fully saturated rings. The summed E-state index contributed by atoms with van der Waals surface area (Å²) in [5.41, 5.74) is 1.10. The van der Waals surface area contributed by atoms with Crippen molar-refractivity contribution in [2.45, 2.75) is 44.2 Å². The highest BCUT2D eigenvalue weighted by atomic mass is 32.1. The molecule has 0 bridgehead atoms. The van der Waals surface area contributed by atoms with E-state index in [4.69, 9.17) is 0 Å². The molecule has 2 heterocycles. The van der Waals surface area contributed by atoms with E-state index >= 15 is 0 Å². The molecule has 1 amide bonds. The molecule has 1 unspecified atom stereocenters. The van der Waals surface area contributed by atoms with Crippen LogP contribution in [0.4, 0.5) is 0 Å². The zero-order valence-corrected chi connectivity index (χ0v) is 14.5. The van der Waals surface area contributed by atoms with Gasteiger partial charge in [-0.3, -0.25) is 9.59 Å². The molecule has 1 atom stereocenters. The number of amides is 1. The van der Waals surface area contributed by atoms with Crippen molar-refractivity contribution in [3.8, 4) is 0 Å². The van der Waals surface area contributed by atoms with Gasteiger partial charge in [0.05, 0.1) is 13.0 Å². The highest BCUT2D eigenvalue weighted by Crippen LogP contribution is 2.33. The van der Waals surface area contributed by atoms with Crippen LogP contribution in [-0.4, -0.2) is 32.5 Å². The van der Waals surface area contributed by atoms with Gasteiger partial charge in [-0.25, -0.2) is 0 Å². The van der Waals surface area contributed by atoms with Crippen LogP contribution in [0.3, 0.4) is 0 Å². The summed E-state index contributed by atoms with van der Waals surface area (Å²) in [7, 11) is 1.98. The molecule has 0 aromatic carbocycles. The normalized spacial score (nSPS) is 15.2. The molecule has 0 radical (unpaired) electrons. The van der Waals surface area contributed by atoms with Gasteiger partial charge in [-0.1, -0.05) is 6.07 Å². The molecule has 1 saturated carbocycles. The molecule has 1 N–H and O–H groups in total. The van der Waals surface area contributed by atoms with E-state index in [0.29, 0.717) is 12.6 Å². The SMILES string of the molecule is Cn1cccc1CN(C(=O)CC(CC(=O)O)c1cccs1)C1CC1. The van der Waals surface area contributed by atoms with Crippen LogP contribution in [0.5, 0.6) is 0 Å². The lowest BCUT2D eigenvalue weighted by atomic mass is 9.98. The molecule has 2 aromatic rings. The maximum absolute atomic E-state index is 12.9. The second-order valence-corrected chi connectivity index (χ2v) is 7.36. The minimum atomic E-state index is -0.860. The second-order valence-electron chi connectivity index (χ2n) is 6.38. The number of aryl methyl sites for hydroxylation is 1. The third-order valence-electron chi connectivity index (χ3n) is 4.48. The van der Waals surface area contributed by atoms with Crippen LogP contribution in [0.2, 0.25) is 0 Å². The van der Waals surface area contributed by atoms with Crippen LogP contribution in [-0.2, 0) is 23.2 Å². The van der Waals surface area contributed by atoms with Crippen molar-refractivity contribution in [2.75, 3.05) is 0 Å². The first kappa shape index (κ1) is 16.8. The van der Waals surface area contributed by atoms with Crippen molar-refractivity contribution in [3.63, 3.8) is 0 Å². The van der Waals surface area contributed by atoms with Gasteiger partial charge >= 0.3 is 5.97 Å². The summed E-state index contributed by atoms with van der Waals surface area (Å²) in [5.74, 6) is -1.05. The Morgan fingerprint density at radius 1 is 1.33 bits per heavy atom. The second kappa shape index (κ2) is 7.21. The number of hydrogen-bond donors (Lipinski definition) is 1. The van der Waals surface area contributed by atoms with Crippen molar-refractivity contribution >= 4 is 23.2 Å². The summed E-state index contributed by atoms with van der Waals surface area (Å²) in [6, 6.07) is 8.13. The van der Waals surface area contributed by atoms with Crippen LogP contribution in [0.25, 0.3) is 0 Å². The van der Waals surface area contributed by atoms with Crippen molar-refractivity contribution < 1.29 is 14.7 Å². The summed E-state index contributed by atoms with van der Waals surface area (Å²) in [4.78, 5) is 27.0. The number of carboxylic acid groups (broad SMARTS) is 1. The fourth-order valence-electron chi connectivity index (χ4n) is 2.98. The molecule has 5 nitrogen and oxygen atoms in total. The first-order chi connectivity index (χ1) is 11.5. The lowest BCUT2D eigenvalue weighted by molar-refractivity contribution is -0.138. The summed E-state index contributed by atoms with van der Waals surface area (Å²) in [6.45, 7) is 0.594. The van der Waals surface area contributed by atoms with Crippen LogP contribution >= 0.6 is 11.3 Å². The monoisotopic (exact) mass is 346 g/mol. The maximum atomic E-state index is 12.9. The maximum Gasteiger partial charge on any atom is 0.304 e. The van der Waals surface area contributed by atoms with Gasteiger partial charge in [0.25, 0.3) is 0 Å². The smallest absolute Gasteiger partial charge is 0.304 e. The Balaban J connectivity index is 1.72. The van der Waals surface area contributed by atoms with Gasteiger partial charge in [0, 0.05) is 42.2 Å². The summed E-state index contributed by atoms with van der Waals surface area (Å²) in [5, 5.41) is 11.1. The number of rotatable bonds is 8. The fraction of sp³-hybridized carbons (Fsp3) is 0.444. The third kappa shape index (κ3) is 4.06. The number of aromatic nitrogens is 1. The first-order valence-corrected chi connectivity index (χ1v) is 9.07. The van der Waals surface area contributed by atoms with Crippen molar-refractivity contribution in [2.24, 2.45) is 7.05 Å². The van der Waals surface area contributed by atoms with Gasteiger partial charge in [-0.05, 0) is 36.4 Å². The Labute approximate surface area is 145 Å². The van der Waals surface area contributed by atoms with Crippen molar-refractivity contribution in [1.82, 2.24) is 9.47 Å². The van der Waals surface area contributed by atoms with E-state index < -0.39 is 5.97 Å². The third-order valence-corrected chi connectivity index (χ3v) is 5.51. The number of thiophene rings is 1. The highest BCUT2D eigenvalue weighted by Gasteiger charge is 2.34. The molecule has 0 aliphatic heterocycles. The number of hydrogen-bond acceptors (Lipinski definition) is 3. The number of nitrogens with zero attached hydrogens (tertiary/aromatic N) is 2. The van der Waals surface area contributed by atoms with Crippen LogP contribution in [0, 0.1) is 0 Å². The van der Waals surface area contributed by atoms with Gasteiger partial charge in [-0.2, -0.15) is 0 Å². The molecule has 128 valence electrons. The zero-order valence-electron chi connectivity index (χ0n) is 13.7. The van der Waals surface area contributed by atoms with Gasteiger partial charge in [0.1, 0.15) is 0 Å². The van der Waals surface area contributed by atoms with Gasteiger partial charge < -0.3 is 14.6 Å². The Bertz CT molecular complexity index is 704.